The van der Waals surface area contributed by atoms with Crippen molar-refractivity contribution in [3.8, 4) is 0 Å². The Morgan fingerprint density at radius 1 is 0.952 bits per heavy atom. The Morgan fingerprint density at radius 2 is 1.52 bits per heavy atom. The summed E-state index contributed by atoms with van der Waals surface area (Å²) in [6.45, 7) is 2.38. The summed E-state index contributed by atoms with van der Waals surface area (Å²) in [5, 5.41) is 3.19. The van der Waals surface area contributed by atoms with Crippen molar-refractivity contribution in [2.45, 2.75) is 25.7 Å². The van der Waals surface area contributed by atoms with Crippen molar-refractivity contribution in [1.82, 2.24) is 5.32 Å². The highest BCUT2D eigenvalue weighted by atomic mass is 19.4. The maximum atomic E-state index is 12.8. The molecule has 0 aliphatic carbocycles. The van der Waals surface area contributed by atoms with Gasteiger partial charge in [0.25, 0.3) is 0 Å². The zero-order chi connectivity index (χ0) is 15.5. The zero-order valence-corrected chi connectivity index (χ0v) is 11.4. The molecule has 0 aromatic heterocycles. The van der Waals surface area contributed by atoms with E-state index in [4.69, 9.17) is 0 Å². The average molecular weight is 297 g/mol. The number of hydrogen-bond donors (Lipinski definition) is 1. The van der Waals surface area contributed by atoms with E-state index in [0.29, 0.717) is 6.54 Å². The van der Waals surface area contributed by atoms with E-state index in [1.807, 2.05) is 6.92 Å². The van der Waals surface area contributed by atoms with Crippen LogP contribution in [-0.2, 0) is 12.7 Å². The molecule has 1 nitrogen and oxygen atoms in total. The molecule has 0 heterocycles. The molecular weight excluding hydrogens is 282 g/mol. The number of hydrogen-bond acceptors (Lipinski definition) is 1. The molecule has 2 aromatic rings. The van der Waals surface area contributed by atoms with E-state index in [0.717, 1.165) is 23.3 Å². The van der Waals surface area contributed by atoms with Crippen molar-refractivity contribution < 1.29 is 17.6 Å². The van der Waals surface area contributed by atoms with E-state index in [2.05, 4.69) is 5.32 Å². The molecule has 21 heavy (non-hydrogen) atoms. The number of alkyl halides is 3. The molecular formula is C16H15F4N. The fraction of sp³-hybridized carbons (Fsp3) is 0.250. The van der Waals surface area contributed by atoms with Crippen LogP contribution in [-0.4, -0.2) is 0 Å². The second kappa shape index (κ2) is 6.26. The Bertz CT molecular complexity index is 573. The van der Waals surface area contributed by atoms with Crippen LogP contribution in [0.4, 0.5) is 17.6 Å². The first-order chi connectivity index (χ1) is 9.86. The number of benzene rings is 2. The van der Waals surface area contributed by atoms with Gasteiger partial charge in [-0.3, -0.25) is 0 Å². The Balaban J connectivity index is 1.97. The normalized spacial score (nSPS) is 13.2. The van der Waals surface area contributed by atoms with E-state index < -0.39 is 11.7 Å². The van der Waals surface area contributed by atoms with Crippen LogP contribution in [0.3, 0.4) is 0 Å². The molecule has 1 N–H and O–H groups in total. The van der Waals surface area contributed by atoms with Gasteiger partial charge in [-0.2, -0.15) is 13.2 Å². The first-order valence-electron chi connectivity index (χ1n) is 6.51. The van der Waals surface area contributed by atoms with Crippen molar-refractivity contribution in [3.63, 3.8) is 0 Å². The lowest BCUT2D eigenvalue weighted by atomic mass is 10.1. The van der Waals surface area contributed by atoms with Crippen molar-refractivity contribution >= 4 is 0 Å². The lowest BCUT2D eigenvalue weighted by Crippen LogP contribution is -2.18. The van der Waals surface area contributed by atoms with Gasteiger partial charge < -0.3 is 5.32 Å². The Labute approximate surface area is 120 Å². The molecule has 0 aliphatic rings. The summed E-state index contributed by atoms with van der Waals surface area (Å²) < 4.78 is 50.2. The molecule has 5 heteroatoms. The predicted molar refractivity (Wildman–Crippen MR) is 73.1 cm³/mol. The van der Waals surface area contributed by atoms with Gasteiger partial charge >= 0.3 is 6.18 Å². The van der Waals surface area contributed by atoms with Crippen molar-refractivity contribution in [3.05, 3.63) is 71.0 Å². The van der Waals surface area contributed by atoms with Crippen molar-refractivity contribution in [1.29, 1.82) is 0 Å². The topological polar surface area (TPSA) is 12.0 Å². The van der Waals surface area contributed by atoms with Gasteiger partial charge in [-0.15, -0.1) is 0 Å². The zero-order valence-electron chi connectivity index (χ0n) is 11.4. The third kappa shape index (κ3) is 4.29. The second-order valence-electron chi connectivity index (χ2n) is 4.85. The smallest absolute Gasteiger partial charge is 0.306 e. The third-order valence-electron chi connectivity index (χ3n) is 3.26. The summed E-state index contributed by atoms with van der Waals surface area (Å²) in [5.41, 5.74) is 1.03. The molecule has 0 radical (unpaired) electrons. The van der Waals surface area contributed by atoms with Gasteiger partial charge in [-0.25, -0.2) is 4.39 Å². The van der Waals surface area contributed by atoms with E-state index in [1.165, 1.54) is 24.3 Å². The average Bonchev–Trinajstić information content (AvgIpc) is 2.45. The van der Waals surface area contributed by atoms with Crippen LogP contribution in [0, 0.1) is 5.82 Å². The standard InChI is InChI=1S/C16H15F4N/c1-11(21-10-12-2-8-15(17)9-3-12)13-4-6-14(7-5-13)16(18,19)20/h2-9,11,21H,10H2,1H3. The Morgan fingerprint density at radius 3 is 2.05 bits per heavy atom. The first-order valence-corrected chi connectivity index (χ1v) is 6.51. The van der Waals surface area contributed by atoms with Crippen LogP contribution in [0.1, 0.15) is 29.7 Å². The largest absolute Gasteiger partial charge is 0.416 e. The van der Waals surface area contributed by atoms with Crippen LogP contribution in [0.15, 0.2) is 48.5 Å². The molecule has 1 atom stereocenters. The quantitative estimate of drug-likeness (QED) is 0.807. The van der Waals surface area contributed by atoms with E-state index in [1.54, 1.807) is 12.1 Å². The number of nitrogens with one attached hydrogen (secondary N) is 1. The van der Waals surface area contributed by atoms with Gasteiger partial charge in [0.05, 0.1) is 5.56 Å². The van der Waals surface area contributed by atoms with Crippen molar-refractivity contribution in [2.75, 3.05) is 0 Å². The molecule has 0 bridgehead atoms. The molecule has 0 aliphatic heterocycles. The Kier molecular flexibility index (Phi) is 4.63. The minimum Gasteiger partial charge on any atom is -0.306 e. The highest BCUT2D eigenvalue weighted by Crippen LogP contribution is 2.29. The molecule has 0 saturated heterocycles. The Hall–Kier alpha value is -1.88. The van der Waals surface area contributed by atoms with Crippen molar-refractivity contribution in [2.24, 2.45) is 0 Å². The maximum Gasteiger partial charge on any atom is 0.416 e. The first kappa shape index (κ1) is 15.5. The van der Waals surface area contributed by atoms with Gasteiger partial charge in [0.2, 0.25) is 0 Å². The van der Waals surface area contributed by atoms with E-state index >= 15 is 0 Å². The fourth-order valence-electron chi connectivity index (χ4n) is 1.95. The molecule has 0 fully saturated rings. The fourth-order valence-corrected chi connectivity index (χ4v) is 1.95. The predicted octanol–water partition coefficient (Wildman–Crippen LogP) is 4.70. The van der Waals surface area contributed by atoms with Crippen LogP contribution in [0.2, 0.25) is 0 Å². The summed E-state index contributed by atoms with van der Waals surface area (Å²) in [6.07, 6.45) is -4.32. The number of rotatable bonds is 4. The number of halogens is 4. The van der Waals surface area contributed by atoms with Gasteiger partial charge in [-0.05, 0) is 42.3 Å². The summed E-state index contributed by atoms with van der Waals surface area (Å²) >= 11 is 0. The minimum absolute atomic E-state index is 0.0997. The third-order valence-corrected chi connectivity index (χ3v) is 3.26. The van der Waals surface area contributed by atoms with Gasteiger partial charge in [0, 0.05) is 12.6 Å². The summed E-state index contributed by atoms with van der Waals surface area (Å²) in [6, 6.07) is 11.1. The summed E-state index contributed by atoms with van der Waals surface area (Å²) in [4.78, 5) is 0. The molecule has 0 amide bonds. The molecule has 2 aromatic carbocycles. The monoisotopic (exact) mass is 297 g/mol. The van der Waals surface area contributed by atoms with Gasteiger partial charge in [0.15, 0.2) is 0 Å². The molecule has 1 unspecified atom stereocenters. The lowest BCUT2D eigenvalue weighted by molar-refractivity contribution is -0.137. The van der Waals surface area contributed by atoms with Gasteiger partial charge in [-0.1, -0.05) is 24.3 Å². The van der Waals surface area contributed by atoms with Crippen LogP contribution in [0.25, 0.3) is 0 Å². The molecule has 0 saturated carbocycles. The highest BCUT2D eigenvalue weighted by molar-refractivity contribution is 5.26. The van der Waals surface area contributed by atoms with Crippen LogP contribution in [0.5, 0.6) is 0 Å². The minimum atomic E-state index is -4.32. The highest BCUT2D eigenvalue weighted by Gasteiger charge is 2.30. The summed E-state index contributed by atoms with van der Waals surface area (Å²) in [7, 11) is 0. The molecule has 0 spiro atoms. The van der Waals surface area contributed by atoms with Crippen LogP contribution < -0.4 is 5.32 Å². The molecule has 112 valence electrons. The second-order valence-corrected chi connectivity index (χ2v) is 4.85. The van der Waals surface area contributed by atoms with Gasteiger partial charge in [0.1, 0.15) is 5.82 Å². The SMILES string of the molecule is CC(NCc1ccc(F)cc1)c1ccc(C(F)(F)F)cc1. The summed E-state index contributed by atoms with van der Waals surface area (Å²) in [5.74, 6) is -0.297. The van der Waals surface area contributed by atoms with E-state index in [9.17, 15) is 17.6 Å². The van der Waals surface area contributed by atoms with Crippen LogP contribution >= 0.6 is 0 Å². The van der Waals surface area contributed by atoms with E-state index in [-0.39, 0.29) is 11.9 Å². The maximum absolute atomic E-state index is 12.8. The molecule has 2 rings (SSSR count). The lowest BCUT2D eigenvalue weighted by Gasteiger charge is -2.15.